The van der Waals surface area contributed by atoms with Crippen LogP contribution in [0.1, 0.15) is 28.3 Å². The van der Waals surface area contributed by atoms with Crippen LogP contribution < -0.4 is 5.56 Å². The molecule has 0 aliphatic rings. The van der Waals surface area contributed by atoms with E-state index in [1.165, 1.54) is 22.3 Å². The second kappa shape index (κ2) is 9.10. The molecule has 0 radical (unpaired) electrons. The average Bonchev–Trinajstić information content (AvgIpc) is 3.33. The summed E-state index contributed by atoms with van der Waals surface area (Å²) in [5, 5.41) is 7.12. The van der Waals surface area contributed by atoms with Crippen molar-refractivity contribution in [2.75, 3.05) is 7.05 Å². The van der Waals surface area contributed by atoms with Crippen LogP contribution in [0, 0.1) is 13.8 Å². The van der Waals surface area contributed by atoms with Crippen LogP contribution in [0.3, 0.4) is 0 Å². The smallest absolute Gasteiger partial charge is 0.268 e. The molecule has 0 spiro atoms. The number of likely N-dealkylation sites (N-methyl/N-ethyl adjacent to an activating group) is 1. The number of thiophene rings is 1. The highest BCUT2D eigenvalue weighted by molar-refractivity contribution is 7.17. The highest BCUT2D eigenvalue weighted by Crippen LogP contribution is 2.20. The summed E-state index contributed by atoms with van der Waals surface area (Å²) < 4.78 is 2.47. The van der Waals surface area contributed by atoms with Crippen molar-refractivity contribution in [2.24, 2.45) is 0 Å². The van der Waals surface area contributed by atoms with Crippen LogP contribution >= 0.6 is 22.9 Å². The molecule has 0 unspecified atom stereocenters. The summed E-state index contributed by atoms with van der Waals surface area (Å²) in [4.78, 5) is 33.5. The lowest BCUT2D eigenvalue weighted by atomic mass is 10.1. The van der Waals surface area contributed by atoms with E-state index in [9.17, 15) is 9.59 Å². The number of benzene rings is 1. The Hall–Kier alpha value is -3.23. The molecule has 1 N–H and O–H groups in total. The fraction of sp³-hybridized carbons (Fsp3) is 0.217. The molecule has 0 atom stereocenters. The highest BCUT2D eigenvalue weighted by Gasteiger charge is 2.13. The van der Waals surface area contributed by atoms with Crippen molar-refractivity contribution in [1.82, 2.24) is 24.6 Å². The lowest BCUT2D eigenvalue weighted by Gasteiger charge is -2.14. The zero-order valence-electron chi connectivity index (χ0n) is 17.9. The van der Waals surface area contributed by atoms with Gasteiger partial charge in [0.15, 0.2) is 0 Å². The number of carbonyl (C=O) groups excluding carboxylic acids is 1. The topological polar surface area (TPSA) is 83.9 Å². The summed E-state index contributed by atoms with van der Waals surface area (Å²) in [5.74, 6) is 0.251. The summed E-state index contributed by atoms with van der Waals surface area (Å²) in [7, 11) is 1.67. The largest absolute Gasteiger partial charge is 0.335 e. The molecule has 0 fully saturated rings. The number of aromatic amines is 1. The molecule has 4 aromatic rings. The number of aromatic nitrogens is 4. The van der Waals surface area contributed by atoms with Crippen LogP contribution in [0.15, 0.2) is 46.6 Å². The minimum atomic E-state index is -0.198. The van der Waals surface area contributed by atoms with Crippen molar-refractivity contribution >= 4 is 45.1 Å². The molecule has 4 rings (SSSR count). The van der Waals surface area contributed by atoms with E-state index in [1.54, 1.807) is 19.2 Å². The standard InChI is InChI=1S/C23H22ClN5O2S/c1-14-17(15(2)29(27-14)12-16-6-4-5-7-18(16)24)8-9-21(30)28(3)13-20-25-19-10-11-32-22(19)23(31)26-20/h4-11H,12-13H2,1-3H3,(H,25,26,31)/b9-8+. The molecule has 3 heterocycles. The Balaban J connectivity index is 1.48. The molecule has 32 heavy (non-hydrogen) atoms. The van der Waals surface area contributed by atoms with E-state index in [1.807, 2.05) is 48.2 Å². The maximum absolute atomic E-state index is 12.7. The molecule has 7 nitrogen and oxygen atoms in total. The van der Waals surface area contributed by atoms with Gasteiger partial charge in [-0.1, -0.05) is 29.8 Å². The first-order valence-electron chi connectivity index (χ1n) is 10.0. The van der Waals surface area contributed by atoms with Gasteiger partial charge < -0.3 is 9.88 Å². The van der Waals surface area contributed by atoms with Crippen LogP contribution in [0.25, 0.3) is 16.3 Å². The summed E-state index contributed by atoms with van der Waals surface area (Å²) in [6.45, 7) is 4.64. The van der Waals surface area contributed by atoms with Crippen molar-refractivity contribution in [3.05, 3.63) is 85.5 Å². The van der Waals surface area contributed by atoms with Gasteiger partial charge in [0.25, 0.3) is 5.56 Å². The van der Waals surface area contributed by atoms with Gasteiger partial charge >= 0.3 is 0 Å². The Morgan fingerprint density at radius 3 is 2.84 bits per heavy atom. The molecule has 3 aromatic heterocycles. The number of carbonyl (C=O) groups is 1. The molecule has 9 heteroatoms. The van der Waals surface area contributed by atoms with E-state index in [0.29, 0.717) is 27.6 Å². The van der Waals surface area contributed by atoms with Gasteiger partial charge in [0.2, 0.25) is 5.91 Å². The number of halogens is 1. The van der Waals surface area contributed by atoms with E-state index in [-0.39, 0.29) is 18.0 Å². The van der Waals surface area contributed by atoms with E-state index in [0.717, 1.165) is 22.5 Å². The zero-order chi connectivity index (χ0) is 22.8. The van der Waals surface area contributed by atoms with E-state index in [4.69, 9.17) is 11.6 Å². The van der Waals surface area contributed by atoms with Crippen LogP contribution in [0.4, 0.5) is 0 Å². The minimum Gasteiger partial charge on any atom is -0.335 e. The summed E-state index contributed by atoms with van der Waals surface area (Å²) in [6.07, 6.45) is 3.29. The van der Waals surface area contributed by atoms with Gasteiger partial charge in [-0.05, 0) is 43.0 Å². The van der Waals surface area contributed by atoms with E-state index in [2.05, 4.69) is 15.1 Å². The third-order valence-corrected chi connectivity index (χ3v) is 6.51. The van der Waals surface area contributed by atoms with Gasteiger partial charge in [-0.15, -0.1) is 11.3 Å². The molecule has 0 aliphatic heterocycles. The molecular weight excluding hydrogens is 446 g/mol. The number of nitrogens with one attached hydrogen (secondary N) is 1. The molecule has 0 saturated heterocycles. The fourth-order valence-corrected chi connectivity index (χ4v) is 4.40. The molecular formula is C23H22ClN5O2S. The van der Waals surface area contributed by atoms with Gasteiger partial charge in [-0.25, -0.2) is 4.98 Å². The molecule has 0 aliphatic carbocycles. The number of hydrogen-bond donors (Lipinski definition) is 1. The van der Waals surface area contributed by atoms with Gasteiger partial charge in [0, 0.05) is 29.4 Å². The zero-order valence-corrected chi connectivity index (χ0v) is 19.5. The number of aryl methyl sites for hydroxylation is 1. The Labute approximate surface area is 194 Å². The first kappa shape index (κ1) is 22.0. The third-order valence-electron chi connectivity index (χ3n) is 5.24. The lowest BCUT2D eigenvalue weighted by Crippen LogP contribution is -2.26. The van der Waals surface area contributed by atoms with E-state index < -0.39 is 0 Å². The fourth-order valence-electron chi connectivity index (χ4n) is 3.47. The van der Waals surface area contributed by atoms with Crippen LogP contribution in [-0.4, -0.2) is 37.6 Å². The predicted octanol–water partition coefficient (Wildman–Crippen LogP) is 4.17. The monoisotopic (exact) mass is 467 g/mol. The molecule has 0 bridgehead atoms. The number of rotatable bonds is 6. The number of nitrogens with zero attached hydrogens (tertiary/aromatic N) is 4. The lowest BCUT2D eigenvalue weighted by molar-refractivity contribution is -0.125. The van der Waals surface area contributed by atoms with Crippen molar-refractivity contribution < 1.29 is 4.79 Å². The first-order valence-corrected chi connectivity index (χ1v) is 11.3. The number of amides is 1. The van der Waals surface area contributed by atoms with Gasteiger partial charge in [0.1, 0.15) is 10.5 Å². The Morgan fingerprint density at radius 2 is 2.06 bits per heavy atom. The average molecular weight is 468 g/mol. The molecule has 0 saturated carbocycles. The van der Waals surface area contributed by atoms with Crippen LogP contribution in [0.5, 0.6) is 0 Å². The van der Waals surface area contributed by atoms with Crippen LogP contribution in [-0.2, 0) is 17.9 Å². The second-order valence-electron chi connectivity index (χ2n) is 7.51. The maximum Gasteiger partial charge on any atom is 0.268 e. The summed E-state index contributed by atoms with van der Waals surface area (Å²) in [5.41, 5.74) is 4.11. The summed E-state index contributed by atoms with van der Waals surface area (Å²) in [6, 6.07) is 9.47. The number of hydrogen-bond acceptors (Lipinski definition) is 5. The number of H-pyrrole nitrogens is 1. The Kier molecular flexibility index (Phi) is 6.25. The number of fused-ring (bicyclic) bond motifs is 1. The molecule has 1 aromatic carbocycles. The summed E-state index contributed by atoms with van der Waals surface area (Å²) >= 11 is 7.63. The van der Waals surface area contributed by atoms with Crippen molar-refractivity contribution in [2.45, 2.75) is 26.9 Å². The van der Waals surface area contributed by atoms with Crippen molar-refractivity contribution in [3.8, 4) is 0 Å². The molecule has 164 valence electrons. The van der Waals surface area contributed by atoms with E-state index >= 15 is 0 Å². The van der Waals surface area contributed by atoms with Gasteiger partial charge in [-0.3, -0.25) is 14.3 Å². The van der Waals surface area contributed by atoms with Crippen LogP contribution in [0.2, 0.25) is 5.02 Å². The third kappa shape index (κ3) is 4.51. The normalized spacial score (nSPS) is 11.5. The van der Waals surface area contributed by atoms with Gasteiger partial charge in [-0.2, -0.15) is 5.10 Å². The predicted molar refractivity (Wildman–Crippen MR) is 128 cm³/mol. The van der Waals surface area contributed by atoms with Crippen molar-refractivity contribution in [1.29, 1.82) is 0 Å². The SMILES string of the molecule is Cc1nn(Cc2ccccc2Cl)c(C)c1/C=C/C(=O)N(C)Cc1nc2ccsc2c(=O)[nH]1. The van der Waals surface area contributed by atoms with Crippen molar-refractivity contribution in [3.63, 3.8) is 0 Å². The highest BCUT2D eigenvalue weighted by atomic mass is 35.5. The quantitative estimate of drug-likeness (QED) is 0.431. The molecule has 1 amide bonds. The first-order chi connectivity index (χ1) is 15.3. The second-order valence-corrected chi connectivity index (χ2v) is 8.83. The Bertz CT molecular complexity index is 1380. The minimum absolute atomic E-state index is 0.187. The van der Waals surface area contributed by atoms with Gasteiger partial charge in [0.05, 0.1) is 24.3 Å². The maximum atomic E-state index is 12.7. The Morgan fingerprint density at radius 1 is 1.28 bits per heavy atom.